The van der Waals surface area contributed by atoms with E-state index in [1.54, 1.807) is 0 Å². The first-order chi connectivity index (χ1) is 6.34. The van der Waals surface area contributed by atoms with Crippen molar-refractivity contribution in [1.82, 2.24) is 5.32 Å². The van der Waals surface area contributed by atoms with Crippen molar-refractivity contribution in [3.8, 4) is 0 Å². The van der Waals surface area contributed by atoms with E-state index >= 15 is 0 Å². The molecule has 0 amide bonds. The minimum absolute atomic E-state index is 0.393. The van der Waals surface area contributed by atoms with Gasteiger partial charge >= 0.3 is 0 Å². The predicted molar refractivity (Wildman–Crippen MR) is 50.4 cm³/mol. The van der Waals surface area contributed by atoms with Crippen LogP contribution < -0.4 is 5.32 Å². The predicted octanol–water partition coefficient (Wildman–Crippen LogP) is 1.50. The molecule has 3 rings (SSSR count). The quantitative estimate of drug-likeness (QED) is 0.696. The summed E-state index contributed by atoms with van der Waals surface area (Å²) in [6.45, 7) is 0. The summed E-state index contributed by atoms with van der Waals surface area (Å²) in [5.41, 5.74) is 0. The normalized spacial score (nSPS) is 43.5. The number of rotatable bonds is 2. The van der Waals surface area contributed by atoms with Crippen LogP contribution >= 0.6 is 0 Å². The average Bonchev–Trinajstić information content (AvgIpc) is 2.59. The molecule has 0 spiro atoms. The molecule has 3 atom stereocenters. The molecule has 3 unspecified atom stereocenters. The molecule has 1 saturated carbocycles. The van der Waals surface area contributed by atoms with Crippen LogP contribution in [0, 0.1) is 11.8 Å². The van der Waals surface area contributed by atoms with E-state index in [9.17, 15) is 4.79 Å². The Balaban J connectivity index is 1.68. The lowest BCUT2D eigenvalue weighted by molar-refractivity contribution is -0.129. The Kier molecular flexibility index (Phi) is 1.72. The first-order valence-corrected chi connectivity index (χ1v) is 5.64. The minimum Gasteiger partial charge on any atom is -0.310 e. The van der Waals surface area contributed by atoms with Crippen molar-refractivity contribution in [2.45, 2.75) is 50.6 Å². The van der Waals surface area contributed by atoms with Gasteiger partial charge in [-0.05, 0) is 32.1 Å². The second-order valence-electron chi connectivity index (χ2n) is 4.92. The minimum atomic E-state index is 0.393. The smallest absolute Gasteiger partial charge is 0.140 e. The van der Waals surface area contributed by atoms with Gasteiger partial charge in [0, 0.05) is 23.9 Å². The zero-order valence-corrected chi connectivity index (χ0v) is 7.96. The van der Waals surface area contributed by atoms with Gasteiger partial charge in [-0.25, -0.2) is 0 Å². The molecule has 1 aliphatic carbocycles. The Morgan fingerprint density at radius 1 is 1.15 bits per heavy atom. The van der Waals surface area contributed by atoms with Crippen LogP contribution in [0.15, 0.2) is 0 Å². The number of ketones is 1. The van der Waals surface area contributed by atoms with Crippen molar-refractivity contribution in [1.29, 1.82) is 0 Å². The summed E-state index contributed by atoms with van der Waals surface area (Å²) in [5, 5.41) is 3.54. The van der Waals surface area contributed by atoms with Crippen molar-refractivity contribution in [3.05, 3.63) is 0 Å². The van der Waals surface area contributed by atoms with Crippen LogP contribution in [-0.2, 0) is 4.79 Å². The fourth-order valence-electron chi connectivity index (χ4n) is 3.13. The molecule has 3 aliphatic rings. The van der Waals surface area contributed by atoms with Crippen molar-refractivity contribution >= 4 is 5.78 Å². The molecule has 72 valence electrons. The van der Waals surface area contributed by atoms with E-state index in [0.717, 1.165) is 6.42 Å². The molecular weight excluding hydrogens is 162 g/mol. The second kappa shape index (κ2) is 2.81. The van der Waals surface area contributed by atoms with Crippen LogP contribution in [0.1, 0.15) is 38.5 Å². The molecule has 2 heterocycles. The van der Waals surface area contributed by atoms with Gasteiger partial charge in [0.2, 0.25) is 0 Å². The summed E-state index contributed by atoms with van der Waals surface area (Å²) in [5.74, 6) is 1.43. The molecule has 0 aromatic rings. The molecular formula is C11H17NO. The lowest BCUT2D eigenvalue weighted by atomic mass is 9.74. The molecule has 0 radical (unpaired) electrons. The van der Waals surface area contributed by atoms with E-state index in [2.05, 4.69) is 5.32 Å². The third-order valence-corrected chi connectivity index (χ3v) is 4.17. The molecule has 13 heavy (non-hydrogen) atoms. The van der Waals surface area contributed by atoms with Gasteiger partial charge in [-0.1, -0.05) is 6.42 Å². The van der Waals surface area contributed by atoms with Crippen LogP contribution in [0.25, 0.3) is 0 Å². The zero-order valence-electron chi connectivity index (χ0n) is 7.96. The number of hydrogen-bond acceptors (Lipinski definition) is 2. The largest absolute Gasteiger partial charge is 0.310 e. The SMILES string of the molecule is O=C(C1CCC1)C1CC2CCC1N2. The van der Waals surface area contributed by atoms with Gasteiger partial charge in [0.1, 0.15) is 5.78 Å². The molecule has 0 aromatic carbocycles. The van der Waals surface area contributed by atoms with Crippen LogP contribution in [0.5, 0.6) is 0 Å². The lowest BCUT2D eigenvalue weighted by Crippen LogP contribution is -2.35. The monoisotopic (exact) mass is 179 g/mol. The highest BCUT2D eigenvalue weighted by molar-refractivity contribution is 5.85. The molecule has 2 nitrogen and oxygen atoms in total. The zero-order chi connectivity index (χ0) is 8.84. The van der Waals surface area contributed by atoms with E-state index < -0.39 is 0 Å². The molecule has 2 saturated heterocycles. The summed E-state index contributed by atoms with van der Waals surface area (Å²) in [7, 11) is 0. The highest BCUT2D eigenvalue weighted by atomic mass is 16.1. The number of carbonyl (C=O) groups is 1. The van der Waals surface area contributed by atoms with Gasteiger partial charge in [0.25, 0.3) is 0 Å². The van der Waals surface area contributed by atoms with Crippen molar-refractivity contribution in [3.63, 3.8) is 0 Å². The Bertz CT molecular complexity index is 234. The van der Waals surface area contributed by atoms with Gasteiger partial charge in [0.15, 0.2) is 0 Å². The van der Waals surface area contributed by atoms with Crippen LogP contribution in [0.2, 0.25) is 0 Å². The Hall–Kier alpha value is -0.370. The average molecular weight is 179 g/mol. The highest BCUT2D eigenvalue weighted by Crippen LogP contribution is 2.39. The van der Waals surface area contributed by atoms with E-state index in [1.165, 1.54) is 32.1 Å². The van der Waals surface area contributed by atoms with Gasteiger partial charge in [-0.15, -0.1) is 0 Å². The Labute approximate surface area is 79.1 Å². The van der Waals surface area contributed by atoms with Crippen molar-refractivity contribution in [2.24, 2.45) is 11.8 Å². The van der Waals surface area contributed by atoms with E-state index in [0.29, 0.717) is 29.7 Å². The summed E-state index contributed by atoms with van der Waals surface area (Å²) in [6, 6.07) is 1.23. The number of carbonyl (C=O) groups excluding carboxylic acids is 1. The van der Waals surface area contributed by atoms with Gasteiger partial charge < -0.3 is 5.32 Å². The van der Waals surface area contributed by atoms with Crippen LogP contribution in [0.3, 0.4) is 0 Å². The fraction of sp³-hybridized carbons (Fsp3) is 0.909. The standard InChI is InChI=1S/C11H17NO/c13-11(7-2-1-3-7)9-6-8-4-5-10(9)12-8/h7-10,12H,1-6H2. The second-order valence-corrected chi connectivity index (χ2v) is 4.92. The van der Waals surface area contributed by atoms with Gasteiger partial charge in [-0.3, -0.25) is 4.79 Å². The lowest BCUT2D eigenvalue weighted by Gasteiger charge is -2.29. The maximum atomic E-state index is 12.0. The Morgan fingerprint density at radius 2 is 2.00 bits per heavy atom. The van der Waals surface area contributed by atoms with Crippen molar-refractivity contribution < 1.29 is 4.79 Å². The summed E-state index contributed by atoms with van der Waals surface area (Å²) in [6.07, 6.45) is 7.32. The third-order valence-electron chi connectivity index (χ3n) is 4.17. The molecule has 3 fully saturated rings. The first-order valence-electron chi connectivity index (χ1n) is 5.64. The highest BCUT2D eigenvalue weighted by Gasteiger charge is 2.45. The summed E-state index contributed by atoms with van der Waals surface area (Å²) in [4.78, 5) is 12.0. The fourth-order valence-corrected chi connectivity index (χ4v) is 3.13. The van der Waals surface area contributed by atoms with Crippen molar-refractivity contribution in [2.75, 3.05) is 0 Å². The van der Waals surface area contributed by atoms with E-state index in [1.807, 2.05) is 0 Å². The molecule has 2 heteroatoms. The number of hydrogen-bond donors (Lipinski definition) is 1. The maximum absolute atomic E-state index is 12.0. The number of Topliss-reactive ketones (excluding diaryl/α,β-unsaturated/α-hetero) is 1. The van der Waals surface area contributed by atoms with Gasteiger partial charge in [0.05, 0.1) is 0 Å². The third kappa shape index (κ3) is 1.15. The molecule has 0 aromatic heterocycles. The summed E-state index contributed by atoms with van der Waals surface area (Å²) < 4.78 is 0. The molecule has 2 aliphatic heterocycles. The van der Waals surface area contributed by atoms with Gasteiger partial charge in [-0.2, -0.15) is 0 Å². The topological polar surface area (TPSA) is 29.1 Å². The maximum Gasteiger partial charge on any atom is 0.140 e. The number of fused-ring (bicyclic) bond motifs is 2. The van der Waals surface area contributed by atoms with E-state index in [-0.39, 0.29) is 0 Å². The number of nitrogens with one attached hydrogen (secondary N) is 1. The van der Waals surface area contributed by atoms with Crippen LogP contribution in [0.4, 0.5) is 0 Å². The van der Waals surface area contributed by atoms with E-state index in [4.69, 9.17) is 0 Å². The molecule has 2 bridgehead atoms. The van der Waals surface area contributed by atoms with Crippen LogP contribution in [-0.4, -0.2) is 17.9 Å². The summed E-state index contributed by atoms with van der Waals surface area (Å²) >= 11 is 0. The molecule has 1 N–H and O–H groups in total. The Morgan fingerprint density at radius 3 is 2.46 bits per heavy atom. The first kappa shape index (κ1) is 7.98.